The average Bonchev–Trinajstić information content (AvgIpc) is 3.26. The lowest BCUT2D eigenvalue weighted by molar-refractivity contribution is -0.119. The Hall–Kier alpha value is -3.93. The molecule has 3 heterocycles. The molecule has 2 aromatic rings. The van der Waals surface area contributed by atoms with Crippen LogP contribution in [-0.4, -0.2) is 77.4 Å². The fourth-order valence-corrected chi connectivity index (χ4v) is 4.53. The number of urea groups is 1. The number of fused-ring (bicyclic) bond motifs is 1. The molecule has 0 spiro atoms. The van der Waals surface area contributed by atoms with Crippen LogP contribution in [0.2, 0.25) is 0 Å². The number of nitrogens with zero attached hydrogens (tertiary/aromatic N) is 4. The zero-order valence-corrected chi connectivity index (χ0v) is 20.6. The predicted octanol–water partition coefficient (Wildman–Crippen LogP) is 2.18. The van der Waals surface area contributed by atoms with Crippen molar-refractivity contribution in [1.29, 1.82) is 0 Å². The van der Waals surface area contributed by atoms with E-state index in [9.17, 15) is 19.5 Å². The Balaban J connectivity index is 1.64. The van der Waals surface area contributed by atoms with E-state index in [1.54, 1.807) is 24.3 Å². The lowest BCUT2D eigenvalue weighted by Gasteiger charge is -2.36. The number of morpholine rings is 1. The Kier molecular flexibility index (Phi) is 7.53. The second kappa shape index (κ2) is 10.8. The highest BCUT2D eigenvalue weighted by Gasteiger charge is 2.39. The van der Waals surface area contributed by atoms with Crippen molar-refractivity contribution >= 4 is 29.5 Å². The van der Waals surface area contributed by atoms with Crippen LogP contribution >= 0.6 is 0 Å². The first-order valence-corrected chi connectivity index (χ1v) is 11.9. The predicted molar refractivity (Wildman–Crippen MR) is 133 cm³/mol. The third-order valence-electron chi connectivity index (χ3n) is 6.40. The molecule has 2 aliphatic rings. The van der Waals surface area contributed by atoms with E-state index in [1.807, 2.05) is 6.92 Å². The maximum atomic E-state index is 12.0. The van der Waals surface area contributed by atoms with Crippen molar-refractivity contribution in [3.63, 3.8) is 0 Å². The number of nitrogens with one attached hydrogen (secondary N) is 3. The minimum absolute atomic E-state index is 0.0851. The molecule has 2 aliphatic heterocycles. The van der Waals surface area contributed by atoms with Gasteiger partial charge in [0.25, 0.3) is 0 Å². The molecule has 4 N–H and O–H groups in total. The Morgan fingerprint density at radius 3 is 2.58 bits per heavy atom. The molecule has 1 fully saturated rings. The molecule has 192 valence electrons. The van der Waals surface area contributed by atoms with E-state index in [0.29, 0.717) is 43.4 Å². The van der Waals surface area contributed by atoms with Gasteiger partial charge >= 0.3 is 12.1 Å². The number of rotatable bonds is 6. The van der Waals surface area contributed by atoms with E-state index in [-0.39, 0.29) is 31.1 Å². The third kappa shape index (κ3) is 5.18. The molecule has 12 nitrogen and oxygen atoms in total. The molecule has 2 atom stereocenters. The monoisotopic (exact) mass is 497 g/mol. The van der Waals surface area contributed by atoms with E-state index >= 15 is 0 Å². The van der Waals surface area contributed by atoms with Gasteiger partial charge in [-0.15, -0.1) is 0 Å². The van der Waals surface area contributed by atoms with E-state index in [1.165, 1.54) is 11.9 Å². The van der Waals surface area contributed by atoms with Crippen LogP contribution in [0.15, 0.2) is 24.3 Å². The molecule has 36 heavy (non-hydrogen) atoms. The standard InChI is InChI=1S/C24H31N7O5/c1-4-18-20-17(12-31(18)24(34)35)28-21(29-22(20)30-9-10-36-13-14(30)2)15-5-7-16(8-6-15)27-23(33)26-11-19(32)25-3/h5-8,14,18H,4,9-13H2,1-3H3,(H,25,32)(H,34,35)(H2,26,27,33)/t14?,18-/m0/s1. The molecular weight excluding hydrogens is 466 g/mol. The summed E-state index contributed by atoms with van der Waals surface area (Å²) in [7, 11) is 1.49. The minimum atomic E-state index is -0.979. The molecule has 0 aliphatic carbocycles. The van der Waals surface area contributed by atoms with Gasteiger partial charge in [-0.3, -0.25) is 9.69 Å². The molecule has 12 heteroatoms. The quantitative estimate of drug-likeness (QED) is 0.474. The van der Waals surface area contributed by atoms with Crippen LogP contribution in [0.4, 0.5) is 21.1 Å². The number of anilines is 2. The normalized spacial score (nSPS) is 19.0. The summed E-state index contributed by atoms with van der Waals surface area (Å²) in [4.78, 5) is 48.6. The Morgan fingerprint density at radius 2 is 1.94 bits per heavy atom. The highest BCUT2D eigenvalue weighted by molar-refractivity contribution is 5.92. The summed E-state index contributed by atoms with van der Waals surface area (Å²) in [5.41, 5.74) is 2.85. The Labute approximate surface area is 209 Å². The summed E-state index contributed by atoms with van der Waals surface area (Å²) in [6.07, 6.45) is -0.358. The Bertz CT molecular complexity index is 1140. The first kappa shape index (κ1) is 25.2. The van der Waals surface area contributed by atoms with Crippen molar-refractivity contribution in [2.75, 3.05) is 43.6 Å². The molecule has 1 aromatic carbocycles. The van der Waals surface area contributed by atoms with Crippen molar-refractivity contribution in [3.05, 3.63) is 35.5 Å². The minimum Gasteiger partial charge on any atom is -0.465 e. The number of hydrogen-bond acceptors (Lipinski definition) is 7. The van der Waals surface area contributed by atoms with Gasteiger partial charge < -0.3 is 30.7 Å². The second-order valence-electron chi connectivity index (χ2n) is 8.74. The molecule has 0 saturated carbocycles. The van der Waals surface area contributed by atoms with Crippen LogP contribution in [0.5, 0.6) is 0 Å². The van der Waals surface area contributed by atoms with E-state index in [0.717, 1.165) is 16.9 Å². The molecule has 1 saturated heterocycles. The van der Waals surface area contributed by atoms with Crippen molar-refractivity contribution < 1.29 is 24.2 Å². The molecule has 1 unspecified atom stereocenters. The number of carboxylic acid groups (broad SMARTS) is 1. The van der Waals surface area contributed by atoms with E-state index in [2.05, 4.69) is 27.8 Å². The summed E-state index contributed by atoms with van der Waals surface area (Å²) < 4.78 is 5.61. The number of ether oxygens (including phenoxy) is 1. The summed E-state index contributed by atoms with van der Waals surface area (Å²) in [5.74, 6) is 0.934. The fourth-order valence-electron chi connectivity index (χ4n) is 4.53. The van der Waals surface area contributed by atoms with Crippen molar-refractivity contribution in [3.8, 4) is 11.4 Å². The van der Waals surface area contributed by atoms with Gasteiger partial charge in [0.15, 0.2) is 5.82 Å². The SMILES string of the molecule is CC[C@H]1c2c(nc(-c3ccc(NC(=O)NCC(=O)NC)cc3)nc2N2CCOCC2C)CN1C(=O)O. The van der Waals surface area contributed by atoms with Gasteiger partial charge in [0.2, 0.25) is 5.91 Å². The highest BCUT2D eigenvalue weighted by Crippen LogP contribution is 2.42. The number of aromatic nitrogens is 2. The largest absolute Gasteiger partial charge is 0.465 e. The zero-order chi connectivity index (χ0) is 25.8. The number of amides is 4. The van der Waals surface area contributed by atoms with Crippen LogP contribution in [-0.2, 0) is 16.1 Å². The summed E-state index contributed by atoms with van der Waals surface area (Å²) in [6, 6.07) is 6.32. The third-order valence-corrected chi connectivity index (χ3v) is 6.40. The van der Waals surface area contributed by atoms with Crippen molar-refractivity contribution in [2.24, 2.45) is 0 Å². The summed E-state index contributed by atoms with van der Waals surface area (Å²) in [6.45, 7) is 5.89. The zero-order valence-electron chi connectivity index (χ0n) is 20.6. The van der Waals surface area contributed by atoms with Crippen LogP contribution in [0.3, 0.4) is 0 Å². The van der Waals surface area contributed by atoms with Gasteiger partial charge in [-0.25, -0.2) is 19.6 Å². The lowest BCUT2D eigenvalue weighted by atomic mass is 10.0. The molecule has 0 radical (unpaired) electrons. The van der Waals surface area contributed by atoms with Crippen LogP contribution in [0, 0.1) is 0 Å². The molecule has 4 rings (SSSR count). The second-order valence-corrected chi connectivity index (χ2v) is 8.74. The summed E-state index contributed by atoms with van der Waals surface area (Å²) in [5, 5.41) is 17.4. The lowest BCUT2D eigenvalue weighted by Crippen LogP contribution is -2.45. The topological polar surface area (TPSA) is 149 Å². The van der Waals surface area contributed by atoms with Crippen molar-refractivity contribution in [2.45, 2.75) is 38.9 Å². The van der Waals surface area contributed by atoms with Gasteiger partial charge in [-0.2, -0.15) is 0 Å². The number of carbonyl (C=O) groups excluding carboxylic acids is 2. The smallest absolute Gasteiger partial charge is 0.408 e. The molecule has 0 bridgehead atoms. The maximum Gasteiger partial charge on any atom is 0.408 e. The van der Waals surface area contributed by atoms with Gasteiger partial charge in [0.1, 0.15) is 5.82 Å². The van der Waals surface area contributed by atoms with Crippen LogP contribution in [0.25, 0.3) is 11.4 Å². The number of hydrogen-bond donors (Lipinski definition) is 4. The summed E-state index contributed by atoms with van der Waals surface area (Å²) >= 11 is 0. The Morgan fingerprint density at radius 1 is 1.19 bits per heavy atom. The van der Waals surface area contributed by atoms with Gasteiger partial charge in [0, 0.05) is 30.4 Å². The molecular formula is C24H31N7O5. The van der Waals surface area contributed by atoms with Crippen LogP contribution in [0.1, 0.15) is 37.6 Å². The molecule has 1 aromatic heterocycles. The van der Waals surface area contributed by atoms with Crippen LogP contribution < -0.4 is 20.9 Å². The molecule has 4 amide bonds. The van der Waals surface area contributed by atoms with E-state index < -0.39 is 12.1 Å². The first-order chi connectivity index (χ1) is 17.3. The number of likely N-dealkylation sites (N-methyl/N-ethyl adjacent to an activating group) is 1. The highest BCUT2D eigenvalue weighted by atomic mass is 16.5. The van der Waals surface area contributed by atoms with Gasteiger partial charge in [-0.1, -0.05) is 6.92 Å². The fraction of sp³-hybridized carbons (Fsp3) is 0.458. The number of carbonyl (C=O) groups is 3. The van der Waals surface area contributed by atoms with E-state index in [4.69, 9.17) is 14.7 Å². The maximum absolute atomic E-state index is 12.0. The van der Waals surface area contributed by atoms with Gasteiger partial charge in [-0.05, 0) is 37.6 Å². The average molecular weight is 498 g/mol. The first-order valence-electron chi connectivity index (χ1n) is 11.9. The van der Waals surface area contributed by atoms with Gasteiger partial charge in [0.05, 0.1) is 44.1 Å². The van der Waals surface area contributed by atoms with Crippen molar-refractivity contribution in [1.82, 2.24) is 25.5 Å². The number of benzene rings is 1.